The van der Waals surface area contributed by atoms with Crippen molar-refractivity contribution in [2.45, 2.75) is 139 Å². The highest BCUT2D eigenvalue weighted by atomic mass is 16.6. The predicted molar refractivity (Wildman–Crippen MR) is 141 cm³/mol. The van der Waals surface area contributed by atoms with E-state index in [2.05, 4.69) is 6.92 Å². The van der Waals surface area contributed by atoms with E-state index >= 15 is 0 Å². The Hall–Kier alpha value is -1.75. The summed E-state index contributed by atoms with van der Waals surface area (Å²) in [4.78, 5) is 37.6. The molecule has 228 valence electrons. The molecule has 0 bridgehead atoms. The minimum absolute atomic E-state index is 0.0178. The van der Waals surface area contributed by atoms with Gasteiger partial charge in [0.2, 0.25) is 0 Å². The maximum atomic E-state index is 12.8. The van der Waals surface area contributed by atoms with Crippen LogP contribution in [0.15, 0.2) is 0 Å². The molecule has 7 fully saturated rings. The lowest BCUT2D eigenvalue weighted by atomic mass is 9.50. The minimum atomic E-state index is -1.42. The molecule has 3 aliphatic carbocycles. The van der Waals surface area contributed by atoms with Crippen LogP contribution in [0.4, 0.5) is 0 Å². The molecule has 4 saturated heterocycles. The van der Waals surface area contributed by atoms with Crippen molar-refractivity contribution in [1.29, 1.82) is 0 Å². The number of esters is 3. The van der Waals surface area contributed by atoms with Crippen molar-refractivity contribution in [3.05, 3.63) is 0 Å². The first-order valence-electron chi connectivity index (χ1n) is 15.4. The van der Waals surface area contributed by atoms with Crippen molar-refractivity contribution in [2.75, 3.05) is 0 Å². The van der Waals surface area contributed by atoms with Crippen molar-refractivity contribution in [3.8, 4) is 0 Å². The Bertz CT molecular complexity index is 1190. The highest BCUT2D eigenvalue weighted by molar-refractivity contribution is 5.74. The second kappa shape index (κ2) is 8.45. The van der Waals surface area contributed by atoms with Gasteiger partial charge >= 0.3 is 17.9 Å². The second-order valence-corrected chi connectivity index (χ2v) is 15.1. The number of fused-ring (bicyclic) bond motifs is 2. The summed E-state index contributed by atoms with van der Waals surface area (Å²) in [6, 6.07) is 0. The number of cyclic esters (lactones) is 1. The van der Waals surface area contributed by atoms with E-state index in [1.165, 1.54) is 6.92 Å². The molecule has 4 aliphatic heterocycles. The summed E-state index contributed by atoms with van der Waals surface area (Å²) in [6.45, 7) is 11.3. The number of aliphatic hydroxyl groups is 2. The van der Waals surface area contributed by atoms with Crippen LogP contribution in [0.5, 0.6) is 0 Å². The number of rotatable bonds is 2. The molecule has 14 atom stereocenters. The predicted octanol–water partition coefficient (Wildman–Crippen LogP) is 2.44. The van der Waals surface area contributed by atoms with Crippen LogP contribution < -0.4 is 0 Å². The maximum Gasteiger partial charge on any atom is 0.309 e. The third kappa shape index (κ3) is 3.42. The van der Waals surface area contributed by atoms with Crippen molar-refractivity contribution < 1.29 is 48.3 Å². The van der Waals surface area contributed by atoms with Gasteiger partial charge in [-0.2, -0.15) is 0 Å². The van der Waals surface area contributed by atoms with E-state index < -0.39 is 58.0 Å². The monoisotopic (exact) mass is 576 g/mol. The smallest absolute Gasteiger partial charge is 0.309 e. The quantitative estimate of drug-likeness (QED) is 0.372. The fourth-order valence-electron chi connectivity index (χ4n) is 11.2. The zero-order valence-corrected chi connectivity index (χ0v) is 24.9. The number of hydrogen-bond acceptors (Lipinski definition) is 10. The Labute approximate surface area is 240 Å². The standard InChI is InChI=1S/C31H44O10/c1-14-9-18(38-26(14)35)24-15(2)17-10-21(33)28(6)25-19(37-16(3)32)11-20-27(4,5)39-22-12-23(34)40-30(20,22)13-29(25,36)7-8-31(17,28)41-24/h14-15,17-22,24-25,33,36H,7-13H2,1-6H3/t14?,15-,17+,18?,19+,20-,21-,22+,24-,25-,28+,29-,30+,31-/m0/s1. The van der Waals surface area contributed by atoms with Gasteiger partial charge in [0.1, 0.15) is 23.9 Å². The Kier molecular flexibility index (Phi) is 5.78. The fourth-order valence-corrected chi connectivity index (χ4v) is 11.2. The highest BCUT2D eigenvalue weighted by Gasteiger charge is 2.80. The van der Waals surface area contributed by atoms with E-state index in [4.69, 9.17) is 23.7 Å². The molecule has 4 heterocycles. The van der Waals surface area contributed by atoms with Gasteiger partial charge in [-0.1, -0.05) is 20.8 Å². The Morgan fingerprint density at radius 3 is 2.44 bits per heavy atom. The molecule has 10 nitrogen and oxygen atoms in total. The van der Waals surface area contributed by atoms with Crippen molar-refractivity contribution >= 4 is 17.9 Å². The number of ether oxygens (including phenoxy) is 5. The number of carbonyl (C=O) groups excluding carboxylic acids is 3. The van der Waals surface area contributed by atoms with Crippen LogP contribution in [0.2, 0.25) is 0 Å². The van der Waals surface area contributed by atoms with E-state index in [1.54, 1.807) is 0 Å². The SMILES string of the molecule is CC(=O)O[C@@H]1C[C@H]2C(C)(C)O[C@@H]3CC(=O)O[C@@]32C[C@@]2(O)CC[C@]34O[C@H](C5CC(C)C(=O)O5)[C@@H](C)[C@H]3C[C@H](O)[C@]4(C)[C@H]12. The Morgan fingerprint density at radius 2 is 1.78 bits per heavy atom. The van der Waals surface area contributed by atoms with Crippen molar-refractivity contribution in [3.63, 3.8) is 0 Å². The van der Waals surface area contributed by atoms with Gasteiger partial charge in [0, 0.05) is 30.6 Å². The normalized spacial score (nSPS) is 56.6. The lowest BCUT2D eigenvalue weighted by Crippen LogP contribution is -2.68. The summed E-state index contributed by atoms with van der Waals surface area (Å²) >= 11 is 0. The maximum absolute atomic E-state index is 12.8. The fraction of sp³-hybridized carbons (Fsp3) is 0.903. The third-order valence-corrected chi connectivity index (χ3v) is 12.8. The van der Waals surface area contributed by atoms with Crippen LogP contribution >= 0.6 is 0 Å². The molecule has 0 aromatic rings. The van der Waals surface area contributed by atoms with Crippen molar-refractivity contribution in [2.24, 2.45) is 35.0 Å². The van der Waals surface area contributed by atoms with Gasteiger partial charge in [-0.05, 0) is 57.8 Å². The van der Waals surface area contributed by atoms with Crippen LogP contribution in [0.3, 0.4) is 0 Å². The Balaban J connectivity index is 1.34. The molecule has 2 N–H and O–H groups in total. The topological polar surface area (TPSA) is 138 Å². The summed E-state index contributed by atoms with van der Waals surface area (Å²) in [5.74, 6) is -2.24. The molecule has 0 amide bonds. The molecular formula is C31H44O10. The van der Waals surface area contributed by atoms with Crippen LogP contribution in [0.25, 0.3) is 0 Å². The van der Waals surface area contributed by atoms with Gasteiger partial charge in [-0.3, -0.25) is 14.4 Å². The van der Waals surface area contributed by atoms with Crippen LogP contribution in [0.1, 0.15) is 86.5 Å². The molecule has 2 unspecified atom stereocenters. The van der Waals surface area contributed by atoms with E-state index in [0.29, 0.717) is 32.1 Å². The van der Waals surface area contributed by atoms with Crippen LogP contribution in [-0.2, 0) is 38.1 Å². The Morgan fingerprint density at radius 1 is 1.05 bits per heavy atom. The van der Waals surface area contributed by atoms with E-state index in [9.17, 15) is 24.6 Å². The first-order chi connectivity index (χ1) is 19.1. The van der Waals surface area contributed by atoms with E-state index in [0.717, 1.165) is 0 Å². The third-order valence-electron chi connectivity index (χ3n) is 12.8. The summed E-state index contributed by atoms with van der Waals surface area (Å²) in [7, 11) is 0. The first-order valence-corrected chi connectivity index (χ1v) is 15.4. The molecule has 10 heteroatoms. The van der Waals surface area contributed by atoms with Gasteiger partial charge in [0.05, 0.1) is 41.3 Å². The molecule has 41 heavy (non-hydrogen) atoms. The summed E-state index contributed by atoms with van der Waals surface area (Å²) in [6.07, 6.45) is -0.320. The lowest BCUT2D eigenvalue weighted by Gasteiger charge is -2.60. The average molecular weight is 577 g/mol. The summed E-state index contributed by atoms with van der Waals surface area (Å²) in [5, 5.41) is 24.7. The van der Waals surface area contributed by atoms with Gasteiger partial charge in [-0.15, -0.1) is 0 Å². The van der Waals surface area contributed by atoms with E-state index in [-0.39, 0.29) is 60.7 Å². The molecule has 0 aromatic carbocycles. The first kappa shape index (κ1) is 28.0. The molecular weight excluding hydrogens is 532 g/mol. The number of hydrogen-bond donors (Lipinski definition) is 2. The van der Waals surface area contributed by atoms with Crippen molar-refractivity contribution in [1.82, 2.24) is 0 Å². The molecule has 2 spiro atoms. The lowest BCUT2D eigenvalue weighted by molar-refractivity contribution is -0.270. The van der Waals surface area contributed by atoms with E-state index in [1.807, 2.05) is 27.7 Å². The summed E-state index contributed by atoms with van der Waals surface area (Å²) < 4.78 is 31.5. The van der Waals surface area contributed by atoms with Crippen LogP contribution in [0, 0.1) is 35.0 Å². The average Bonchev–Trinajstić information content (AvgIpc) is 3.52. The van der Waals surface area contributed by atoms with Gasteiger partial charge < -0.3 is 33.9 Å². The molecule has 0 aromatic heterocycles. The second-order valence-electron chi connectivity index (χ2n) is 15.1. The molecule has 7 aliphatic rings. The van der Waals surface area contributed by atoms with Gasteiger partial charge in [-0.25, -0.2) is 0 Å². The van der Waals surface area contributed by atoms with Gasteiger partial charge in [0.15, 0.2) is 0 Å². The number of aliphatic hydroxyl groups excluding tert-OH is 1. The van der Waals surface area contributed by atoms with Crippen LogP contribution in [-0.4, -0.2) is 81.0 Å². The zero-order chi connectivity index (χ0) is 29.5. The van der Waals surface area contributed by atoms with Gasteiger partial charge in [0.25, 0.3) is 0 Å². The number of carbonyl (C=O) groups is 3. The molecule has 7 rings (SSSR count). The highest BCUT2D eigenvalue weighted by Crippen LogP contribution is 2.73. The molecule has 3 saturated carbocycles. The molecule has 0 radical (unpaired) electrons. The zero-order valence-electron chi connectivity index (χ0n) is 24.9. The largest absolute Gasteiger partial charge is 0.462 e. The minimum Gasteiger partial charge on any atom is -0.462 e. The summed E-state index contributed by atoms with van der Waals surface area (Å²) in [5.41, 5.74) is -4.95.